The lowest BCUT2D eigenvalue weighted by atomic mass is 10.0. The fourth-order valence-electron chi connectivity index (χ4n) is 2.93. The SMILES string of the molecule is CCOC(=O)N1CCC(Nc2c(NCCCOC(C)C)c(=O)c2=O)CC1. The zero-order chi connectivity index (χ0) is 19.1. The molecule has 0 aromatic heterocycles. The zero-order valence-electron chi connectivity index (χ0n) is 15.8. The summed E-state index contributed by atoms with van der Waals surface area (Å²) in [6, 6.07) is 0.0637. The first-order chi connectivity index (χ1) is 12.4. The molecule has 1 saturated heterocycles. The van der Waals surface area contributed by atoms with Crippen LogP contribution in [0, 0.1) is 0 Å². The van der Waals surface area contributed by atoms with Gasteiger partial charge in [-0.05, 0) is 40.0 Å². The second-order valence-electron chi connectivity index (χ2n) is 6.71. The van der Waals surface area contributed by atoms with Gasteiger partial charge in [-0.2, -0.15) is 0 Å². The number of amides is 1. The molecule has 0 atom stereocenters. The number of hydrogen-bond donors (Lipinski definition) is 2. The summed E-state index contributed by atoms with van der Waals surface area (Å²) in [5, 5.41) is 6.21. The molecule has 0 unspecified atom stereocenters. The molecule has 1 aromatic carbocycles. The van der Waals surface area contributed by atoms with Crippen LogP contribution >= 0.6 is 0 Å². The summed E-state index contributed by atoms with van der Waals surface area (Å²) in [4.78, 5) is 37.0. The van der Waals surface area contributed by atoms with Crippen molar-refractivity contribution in [3.8, 4) is 0 Å². The number of likely N-dealkylation sites (tertiary alicyclic amines) is 1. The molecule has 8 heteroatoms. The zero-order valence-corrected chi connectivity index (χ0v) is 15.8. The molecule has 26 heavy (non-hydrogen) atoms. The predicted molar refractivity (Wildman–Crippen MR) is 101 cm³/mol. The number of ether oxygens (including phenoxy) is 2. The van der Waals surface area contributed by atoms with Crippen molar-refractivity contribution < 1.29 is 14.3 Å². The molecule has 1 amide bonds. The third-order valence-corrected chi connectivity index (χ3v) is 4.35. The number of nitrogens with one attached hydrogen (secondary N) is 2. The lowest BCUT2D eigenvalue weighted by Crippen LogP contribution is -2.45. The van der Waals surface area contributed by atoms with Crippen LogP contribution in [0.4, 0.5) is 16.2 Å². The van der Waals surface area contributed by atoms with Crippen molar-refractivity contribution in [3.05, 3.63) is 20.4 Å². The van der Waals surface area contributed by atoms with Crippen molar-refractivity contribution in [1.29, 1.82) is 0 Å². The fraction of sp³-hybridized carbons (Fsp3) is 0.722. The van der Waals surface area contributed by atoms with Crippen molar-refractivity contribution >= 4 is 17.5 Å². The Morgan fingerprint density at radius 2 is 1.85 bits per heavy atom. The van der Waals surface area contributed by atoms with E-state index in [1.165, 1.54) is 0 Å². The molecule has 0 saturated carbocycles. The Bertz CT molecular complexity index is 658. The number of piperidine rings is 1. The number of carbonyl (C=O) groups excluding carboxylic acids is 1. The minimum Gasteiger partial charge on any atom is -0.450 e. The van der Waals surface area contributed by atoms with Crippen molar-refractivity contribution in [2.75, 3.05) is 43.5 Å². The van der Waals surface area contributed by atoms with E-state index in [9.17, 15) is 14.4 Å². The van der Waals surface area contributed by atoms with Gasteiger partial charge < -0.3 is 25.0 Å². The maximum Gasteiger partial charge on any atom is 0.409 e. The van der Waals surface area contributed by atoms with Gasteiger partial charge in [-0.3, -0.25) is 9.59 Å². The summed E-state index contributed by atoms with van der Waals surface area (Å²) in [7, 11) is 0. The molecule has 1 aromatic rings. The molecule has 2 N–H and O–H groups in total. The van der Waals surface area contributed by atoms with E-state index < -0.39 is 10.9 Å². The highest BCUT2D eigenvalue weighted by atomic mass is 16.6. The van der Waals surface area contributed by atoms with Crippen LogP contribution in [0.1, 0.15) is 40.0 Å². The van der Waals surface area contributed by atoms with Gasteiger partial charge in [-0.15, -0.1) is 0 Å². The lowest BCUT2D eigenvalue weighted by Gasteiger charge is -2.32. The summed E-state index contributed by atoms with van der Waals surface area (Å²) >= 11 is 0. The first-order valence-corrected chi connectivity index (χ1v) is 9.31. The monoisotopic (exact) mass is 367 g/mol. The Morgan fingerprint density at radius 3 is 2.46 bits per heavy atom. The molecule has 0 aliphatic carbocycles. The van der Waals surface area contributed by atoms with Crippen molar-refractivity contribution in [2.45, 2.75) is 52.2 Å². The van der Waals surface area contributed by atoms with Gasteiger partial charge in [0.25, 0.3) is 10.9 Å². The number of nitrogens with zero attached hydrogens (tertiary/aromatic N) is 1. The van der Waals surface area contributed by atoms with E-state index in [0.29, 0.717) is 57.1 Å². The quantitative estimate of drug-likeness (QED) is 0.505. The Hall–Kier alpha value is -2.09. The highest BCUT2D eigenvalue weighted by Crippen LogP contribution is 2.20. The van der Waals surface area contributed by atoms with Crippen LogP contribution in [-0.2, 0) is 9.47 Å². The van der Waals surface area contributed by atoms with E-state index in [0.717, 1.165) is 6.42 Å². The summed E-state index contributed by atoms with van der Waals surface area (Å²) in [6.07, 6.45) is 2.05. The Balaban J connectivity index is 1.80. The van der Waals surface area contributed by atoms with E-state index in [4.69, 9.17) is 9.47 Å². The molecule has 1 heterocycles. The minimum absolute atomic E-state index is 0.0637. The Labute approximate surface area is 153 Å². The maximum absolute atomic E-state index is 11.9. The molecule has 1 aliphatic heterocycles. The Morgan fingerprint density at radius 1 is 1.19 bits per heavy atom. The molecular weight excluding hydrogens is 338 g/mol. The van der Waals surface area contributed by atoms with Crippen LogP contribution in [0.25, 0.3) is 0 Å². The third kappa shape index (κ3) is 5.20. The summed E-state index contributed by atoms with van der Waals surface area (Å²) in [5.41, 5.74) is -0.207. The van der Waals surface area contributed by atoms with E-state index >= 15 is 0 Å². The van der Waals surface area contributed by atoms with E-state index in [-0.39, 0.29) is 18.2 Å². The molecule has 0 radical (unpaired) electrons. The van der Waals surface area contributed by atoms with E-state index in [1.54, 1.807) is 11.8 Å². The lowest BCUT2D eigenvalue weighted by molar-refractivity contribution is 0.0787. The Kier molecular flexibility index (Phi) is 7.44. The topological polar surface area (TPSA) is 97.0 Å². The molecule has 146 valence electrons. The molecule has 2 rings (SSSR count). The average molecular weight is 367 g/mol. The van der Waals surface area contributed by atoms with Crippen LogP contribution in [0.5, 0.6) is 0 Å². The van der Waals surface area contributed by atoms with Gasteiger partial charge in [-0.25, -0.2) is 4.79 Å². The van der Waals surface area contributed by atoms with Crippen molar-refractivity contribution in [3.63, 3.8) is 0 Å². The molecular formula is C18H29N3O5. The first-order valence-electron chi connectivity index (χ1n) is 9.31. The van der Waals surface area contributed by atoms with E-state index in [2.05, 4.69) is 10.6 Å². The maximum atomic E-state index is 11.9. The predicted octanol–water partition coefficient (Wildman–Crippen LogP) is 1.54. The summed E-state index contributed by atoms with van der Waals surface area (Å²) in [5.74, 6) is 0. The van der Waals surface area contributed by atoms with Gasteiger partial charge in [0.2, 0.25) is 0 Å². The van der Waals surface area contributed by atoms with E-state index in [1.807, 2.05) is 13.8 Å². The summed E-state index contributed by atoms with van der Waals surface area (Å²) < 4.78 is 10.4. The van der Waals surface area contributed by atoms with Gasteiger partial charge in [0.1, 0.15) is 11.4 Å². The second-order valence-corrected chi connectivity index (χ2v) is 6.71. The number of hydrogen-bond acceptors (Lipinski definition) is 7. The smallest absolute Gasteiger partial charge is 0.409 e. The minimum atomic E-state index is -0.473. The van der Waals surface area contributed by atoms with Gasteiger partial charge >= 0.3 is 6.09 Å². The van der Waals surface area contributed by atoms with Gasteiger partial charge in [0.05, 0.1) is 12.7 Å². The van der Waals surface area contributed by atoms with Crippen molar-refractivity contribution in [1.82, 2.24) is 4.90 Å². The largest absolute Gasteiger partial charge is 0.450 e. The van der Waals surface area contributed by atoms with Gasteiger partial charge in [0.15, 0.2) is 0 Å². The highest BCUT2D eigenvalue weighted by molar-refractivity contribution is 5.74. The first kappa shape index (κ1) is 20.2. The van der Waals surface area contributed by atoms with Crippen molar-refractivity contribution in [2.24, 2.45) is 0 Å². The number of anilines is 2. The number of rotatable bonds is 9. The van der Waals surface area contributed by atoms with Crippen LogP contribution < -0.4 is 21.5 Å². The van der Waals surface area contributed by atoms with Gasteiger partial charge in [-0.1, -0.05) is 0 Å². The number of carbonyl (C=O) groups is 1. The molecule has 0 spiro atoms. The average Bonchev–Trinajstić information content (AvgIpc) is 2.63. The molecule has 8 nitrogen and oxygen atoms in total. The standard InChI is InChI=1S/C18H29N3O5/c1-4-25-18(24)21-9-6-13(7-10-21)20-15-14(16(22)17(15)23)19-8-5-11-26-12(2)3/h12-13,19-20H,4-11H2,1-3H3. The van der Waals surface area contributed by atoms with Crippen LogP contribution in [0.2, 0.25) is 0 Å². The van der Waals surface area contributed by atoms with Crippen LogP contribution in [0.15, 0.2) is 9.59 Å². The van der Waals surface area contributed by atoms with Crippen LogP contribution in [-0.4, -0.2) is 56.0 Å². The second kappa shape index (κ2) is 9.56. The fourth-order valence-corrected chi connectivity index (χ4v) is 2.93. The highest BCUT2D eigenvalue weighted by Gasteiger charge is 2.27. The molecule has 1 aliphatic rings. The normalized spacial score (nSPS) is 15.5. The molecule has 1 fully saturated rings. The van der Waals surface area contributed by atoms with Gasteiger partial charge in [0, 0.05) is 32.3 Å². The van der Waals surface area contributed by atoms with Crippen LogP contribution in [0.3, 0.4) is 0 Å². The summed E-state index contributed by atoms with van der Waals surface area (Å²) in [6.45, 7) is 8.41. The third-order valence-electron chi connectivity index (χ3n) is 4.35. The molecule has 0 bridgehead atoms.